The van der Waals surface area contributed by atoms with Gasteiger partial charge in [0.2, 0.25) is 0 Å². The number of para-hydroxylation sites is 1. The second-order valence-corrected chi connectivity index (χ2v) is 6.10. The molecule has 3 nitrogen and oxygen atoms in total. The Kier molecular flexibility index (Phi) is 5.17. The molecular formula is C15H16ClNO2S. The summed E-state index contributed by atoms with van der Waals surface area (Å²) < 4.78 is 17.7. The summed E-state index contributed by atoms with van der Waals surface area (Å²) in [4.78, 5) is 0.675. The van der Waals surface area contributed by atoms with Crippen molar-refractivity contribution >= 4 is 22.4 Å². The molecule has 2 aromatic rings. The van der Waals surface area contributed by atoms with Gasteiger partial charge in [0.05, 0.1) is 28.6 Å². The SMILES string of the molecule is COc1ccccc1S(=O)Cc1ccc(CN)cc1Cl. The fraction of sp³-hybridized carbons (Fsp3) is 0.200. The van der Waals surface area contributed by atoms with E-state index in [0.29, 0.717) is 28.0 Å². The number of methoxy groups -OCH3 is 1. The van der Waals surface area contributed by atoms with Crippen molar-refractivity contribution in [1.82, 2.24) is 0 Å². The van der Waals surface area contributed by atoms with Crippen LogP contribution in [-0.2, 0) is 23.1 Å². The van der Waals surface area contributed by atoms with E-state index in [9.17, 15) is 4.21 Å². The fourth-order valence-corrected chi connectivity index (χ4v) is 3.51. The van der Waals surface area contributed by atoms with Gasteiger partial charge >= 0.3 is 0 Å². The Hall–Kier alpha value is -1.36. The number of hydrogen-bond acceptors (Lipinski definition) is 3. The molecule has 20 heavy (non-hydrogen) atoms. The highest BCUT2D eigenvalue weighted by Crippen LogP contribution is 2.26. The topological polar surface area (TPSA) is 52.3 Å². The molecule has 0 heterocycles. The van der Waals surface area contributed by atoms with Crippen molar-refractivity contribution in [2.45, 2.75) is 17.2 Å². The third-order valence-electron chi connectivity index (χ3n) is 2.95. The van der Waals surface area contributed by atoms with Gasteiger partial charge in [-0.05, 0) is 29.3 Å². The van der Waals surface area contributed by atoms with Gasteiger partial charge in [0, 0.05) is 11.6 Å². The Balaban J connectivity index is 2.23. The average Bonchev–Trinajstić information content (AvgIpc) is 2.49. The van der Waals surface area contributed by atoms with Crippen LogP contribution in [0.5, 0.6) is 5.75 Å². The van der Waals surface area contributed by atoms with E-state index in [1.807, 2.05) is 30.3 Å². The maximum atomic E-state index is 12.4. The summed E-state index contributed by atoms with van der Waals surface area (Å²) >= 11 is 6.19. The Morgan fingerprint density at radius 2 is 2.00 bits per heavy atom. The lowest BCUT2D eigenvalue weighted by Crippen LogP contribution is -2.01. The van der Waals surface area contributed by atoms with Gasteiger partial charge < -0.3 is 10.5 Å². The summed E-state index contributed by atoms with van der Waals surface area (Å²) in [5.41, 5.74) is 7.36. The van der Waals surface area contributed by atoms with Gasteiger partial charge in [0.15, 0.2) is 0 Å². The Labute approximate surface area is 126 Å². The van der Waals surface area contributed by atoms with E-state index in [1.54, 1.807) is 19.2 Å². The van der Waals surface area contributed by atoms with E-state index < -0.39 is 10.8 Å². The Bertz CT molecular complexity index is 631. The first kappa shape index (κ1) is 15.0. The quantitative estimate of drug-likeness (QED) is 0.923. The molecule has 2 rings (SSSR count). The normalized spacial score (nSPS) is 12.2. The van der Waals surface area contributed by atoms with E-state index in [2.05, 4.69) is 0 Å². The van der Waals surface area contributed by atoms with Crippen molar-refractivity contribution in [3.05, 3.63) is 58.6 Å². The largest absolute Gasteiger partial charge is 0.495 e. The second-order valence-electron chi connectivity index (χ2n) is 4.27. The van der Waals surface area contributed by atoms with E-state index in [4.69, 9.17) is 22.1 Å². The van der Waals surface area contributed by atoms with Gasteiger partial charge in [-0.1, -0.05) is 35.9 Å². The van der Waals surface area contributed by atoms with E-state index in [1.165, 1.54) is 0 Å². The van der Waals surface area contributed by atoms with Gasteiger partial charge in [-0.25, -0.2) is 0 Å². The highest BCUT2D eigenvalue weighted by molar-refractivity contribution is 7.84. The summed E-state index contributed by atoms with van der Waals surface area (Å²) in [6.07, 6.45) is 0. The molecule has 0 saturated heterocycles. The Morgan fingerprint density at radius 3 is 2.65 bits per heavy atom. The van der Waals surface area contributed by atoms with Gasteiger partial charge in [-0.2, -0.15) is 0 Å². The lowest BCUT2D eigenvalue weighted by Gasteiger charge is -2.09. The molecule has 0 radical (unpaired) electrons. The summed E-state index contributed by atoms with van der Waals surface area (Å²) in [5.74, 6) is 0.977. The van der Waals surface area contributed by atoms with Gasteiger partial charge in [0.1, 0.15) is 5.75 Å². The smallest absolute Gasteiger partial charge is 0.134 e. The van der Waals surface area contributed by atoms with Crippen LogP contribution in [-0.4, -0.2) is 11.3 Å². The molecule has 1 atom stereocenters. The highest BCUT2D eigenvalue weighted by Gasteiger charge is 2.12. The minimum atomic E-state index is -1.21. The standard InChI is InChI=1S/C15H16ClNO2S/c1-19-14-4-2-3-5-15(14)20(18)10-12-7-6-11(9-17)8-13(12)16/h2-8H,9-10,17H2,1H3. The van der Waals surface area contributed by atoms with Gasteiger partial charge in [0.25, 0.3) is 0 Å². The average molecular weight is 310 g/mol. The molecule has 0 aliphatic rings. The molecule has 0 saturated carbocycles. The predicted octanol–water partition coefficient (Wildman–Crippen LogP) is 3.12. The summed E-state index contributed by atoms with van der Waals surface area (Å²) in [5, 5.41) is 0.594. The van der Waals surface area contributed by atoms with Crippen LogP contribution in [0, 0.1) is 0 Å². The predicted molar refractivity (Wildman–Crippen MR) is 82.4 cm³/mol. The van der Waals surface area contributed by atoms with Crippen LogP contribution >= 0.6 is 11.6 Å². The van der Waals surface area contributed by atoms with Gasteiger partial charge in [-0.15, -0.1) is 0 Å². The lowest BCUT2D eigenvalue weighted by atomic mass is 10.1. The second kappa shape index (κ2) is 6.88. The number of benzene rings is 2. The number of rotatable bonds is 5. The van der Waals surface area contributed by atoms with Crippen LogP contribution in [0.3, 0.4) is 0 Å². The number of hydrogen-bond donors (Lipinski definition) is 1. The molecule has 0 fully saturated rings. The molecule has 0 spiro atoms. The molecule has 0 aromatic heterocycles. The summed E-state index contributed by atoms with van der Waals surface area (Å²) in [6.45, 7) is 0.440. The van der Waals surface area contributed by atoms with E-state index in [-0.39, 0.29) is 0 Å². The monoisotopic (exact) mass is 309 g/mol. The molecule has 0 amide bonds. The van der Waals surface area contributed by atoms with Crippen molar-refractivity contribution < 1.29 is 8.95 Å². The third-order valence-corrected chi connectivity index (χ3v) is 4.71. The highest BCUT2D eigenvalue weighted by atomic mass is 35.5. The molecule has 0 bridgehead atoms. The maximum absolute atomic E-state index is 12.4. The zero-order valence-electron chi connectivity index (χ0n) is 11.1. The van der Waals surface area contributed by atoms with Crippen LogP contribution in [0.4, 0.5) is 0 Å². The molecule has 0 aliphatic carbocycles. The molecule has 0 aliphatic heterocycles. The number of halogens is 1. The van der Waals surface area contributed by atoms with Gasteiger partial charge in [-0.3, -0.25) is 4.21 Å². The molecule has 2 N–H and O–H groups in total. The van der Waals surface area contributed by atoms with Crippen molar-refractivity contribution in [1.29, 1.82) is 0 Å². The lowest BCUT2D eigenvalue weighted by molar-refractivity contribution is 0.404. The zero-order valence-corrected chi connectivity index (χ0v) is 12.7. The van der Waals surface area contributed by atoms with Crippen molar-refractivity contribution in [3.8, 4) is 5.75 Å². The van der Waals surface area contributed by atoms with Crippen LogP contribution < -0.4 is 10.5 Å². The van der Waals surface area contributed by atoms with Crippen molar-refractivity contribution in [3.63, 3.8) is 0 Å². The minimum Gasteiger partial charge on any atom is -0.495 e. The Morgan fingerprint density at radius 1 is 1.25 bits per heavy atom. The first-order valence-corrected chi connectivity index (χ1v) is 7.84. The fourth-order valence-electron chi connectivity index (χ4n) is 1.86. The molecular weight excluding hydrogens is 294 g/mol. The first-order chi connectivity index (χ1) is 9.65. The maximum Gasteiger partial charge on any atom is 0.134 e. The molecule has 1 unspecified atom stereocenters. The number of nitrogens with two attached hydrogens (primary N) is 1. The number of ether oxygens (including phenoxy) is 1. The van der Waals surface area contributed by atoms with Crippen molar-refractivity contribution in [2.24, 2.45) is 5.73 Å². The van der Waals surface area contributed by atoms with Crippen LogP contribution in [0.15, 0.2) is 47.4 Å². The first-order valence-electron chi connectivity index (χ1n) is 6.14. The van der Waals surface area contributed by atoms with E-state index in [0.717, 1.165) is 11.1 Å². The third kappa shape index (κ3) is 3.39. The molecule has 2 aromatic carbocycles. The van der Waals surface area contributed by atoms with E-state index >= 15 is 0 Å². The van der Waals surface area contributed by atoms with Crippen LogP contribution in [0.2, 0.25) is 5.02 Å². The van der Waals surface area contributed by atoms with Crippen molar-refractivity contribution in [2.75, 3.05) is 7.11 Å². The molecule has 106 valence electrons. The minimum absolute atomic E-state index is 0.351. The van der Waals surface area contributed by atoms with Crippen LogP contribution in [0.25, 0.3) is 0 Å². The summed E-state index contributed by atoms with van der Waals surface area (Å²) in [7, 11) is 0.363. The summed E-state index contributed by atoms with van der Waals surface area (Å²) in [6, 6.07) is 12.9. The van der Waals surface area contributed by atoms with Crippen LogP contribution in [0.1, 0.15) is 11.1 Å². The molecule has 5 heteroatoms. The zero-order chi connectivity index (χ0) is 14.5.